The lowest BCUT2D eigenvalue weighted by atomic mass is 9.77. The molecule has 4 atom stereocenters. The highest BCUT2D eigenvalue weighted by Crippen LogP contribution is 2.34. The van der Waals surface area contributed by atoms with E-state index < -0.39 is 0 Å². The lowest BCUT2D eigenvalue weighted by Gasteiger charge is -2.37. The number of carbonyl (C=O) groups excluding carboxylic acids is 1. The van der Waals surface area contributed by atoms with Gasteiger partial charge in [-0.2, -0.15) is 0 Å². The molecule has 142 valence electrons. The first-order valence-corrected chi connectivity index (χ1v) is 9.72. The molecule has 1 aliphatic carbocycles. The quantitative estimate of drug-likeness (QED) is 0.875. The molecule has 1 saturated heterocycles. The van der Waals surface area contributed by atoms with Crippen molar-refractivity contribution in [2.45, 2.75) is 31.9 Å². The van der Waals surface area contributed by atoms with Crippen LogP contribution in [0.4, 0.5) is 0 Å². The Morgan fingerprint density at radius 3 is 2.63 bits per heavy atom. The summed E-state index contributed by atoms with van der Waals surface area (Å²) in [6, 6.07) is 12.0. The van der Waals surface area contributed by atoms with Crippen LogP contribution in [0.25, 0.3) is 11.1 Å². The molecule has 1 saturated carbocycles. The van der Waals surface area contributed by atoms with Crippen LogP contribution in [0.3, 0.4) is 0 Å². The molecule has 1 aromatic heterocycles. The van der Waals surface area contributed by atoms with Crippen LogP contribution in [0.1, 0.15) is 28.9 Å². The van der Waals surface area contributed by atoms with E-state index in [4.69, 9.17) is 4.74 Å². The maximum atomic E-state index is 13.3. The Bertz CT molecular complexity index is 808. The van der Waals surface area contributed by atoms with Gasteiger partial charge in [0.2, 0.25) is 0 Å². The zero-order chi connectivity index (χ0) is 18.8. The van der Waals surface area contributed by atoms with Crippen LogP contribution in [-0.2, 0) is 4.74 Å². The van der Waals surface area contributed by atoms with Crippen LogP contribution in [-0.4, -0.2) is 43.2 Å². The highest BCUT2D eigenvalue weighted by atomic mass is 16.5. The molecule has 5 heteroatoms. The second kappa shape index (κ2) is 7.79. The molecular weight excluding hydrogens is 338 g/mol. The normalized spacial score (nSPS) is 27.2. The lowest BCUT2D eigenvalue weighted by molar-refractivity contribution is 0.0125. The SMILES string of the molecule is CO[C@H]1C[C@@H]2CNC[C@@H]2C[C@@H]1NC(=O)c1c(-c2ccccc2)ccnc1C. The minimum absolute atomic E-state index is 0.0341. The Hall–Kier alpha value is -2.24. The number of aromatic nitrogens is 1. The fraction of sp³-hybridized carbons (Fsp3) is 0.455. The van der Waals surface area contributed by atoms with Crippen molar-refractivity contribution in [3.63, 3.8) is 0 Å². The third kappa shape index (κ3) is 3.62. The molecule has 2 heterocycles. The van der Waals surface area contributed by atoms with Gasteiger partial charge in [-0.3, -0.25) is 9.78 Å². The van der Waals surface area contributed by atoms with E-state index in [-0.39, 0.29) is 18.1 Å². The van der Waals surface area contributed by atoms with Crippen molar-refractivity contribution in [3.8, 4) is 11.1 Å². The molecule has 1 aromatic carbocycles. The summed E-state index contributed by atoms with van der Waals surface area (Å²) in [7, 11) is 1.75. The molecule has 0 spiro atoms. The second-order valence-corrected chi connectivity index (χ2v) is 7.69. The Balaban J connectivity index is 1.60. The highest BCUT2D eigenvalue weighted by Gasteiger charge is 2.40. The molecule has 27 heavy (non-hydrogen) atoms. The van der Waals surface area contributed by atoms with Crippen LogP contribution in [0.15, 0.2) is 42.6 Å². The number of rotatable bonds is 4. The zero-order valence-electron chi connectivity index (χ0n) is 15.9. The number of carbonyl (C=O) groups is 1. The van der Waals surface area contributed by atoms with Gasteiger partial charge in [0.15, 0.2) is 0 Å². The number of nitrogens with zero attached hydrogens (tertiary/aromatic N) is 1. The summed E-state index contributed by atoms with van der Waals surface area (Å²) in [6.45, 7) is 3.99. The van der Waals surface area contributed by atoms with Gasteiger partial charge in [-0.05, 0) is 61.9 Å². The molecule has 0 radical (unpaired) electrons. The maximum absolute atomic E-state index is 13.3. The van der Waals surface area contributed by atoms with Gasteiger partial charge in [-0.25, -0.2) is 0 Å². The maximum Gasteiger partial charge on any atom is 0.254 e. The number of aryl methyl sites for hydroxylation is 1. The zero-order valence-corrected chi connectivity index (χ0v) is 15.9. The minimum Gasteiger partial charge on any atom is -0.379 e. The smallest absolute Gasteiger partial charge is 0.254 e. The van der Waals surface area contributed by atoms with Gasteiger partial charge in [0.1, 0.15) is 0 Å². The summed E-state index contributed by atoms with van der Waals surface area (Å²) in [5.41, 5.74) is 3.36. The van der Waals surface area contributed by atoms with Crippen molar-refractivity contribution in [1.29, 1.82) is 0 Å². The largest absolute Gasteiger partial charge is 0.379 e. The summed E-state index contributed by atoms with van der Waals surface area (Å²) in [5, 5.41) is 6.74. The van der Waals surface area contributed by atoms with E-state index in [0.29, 0.717) is 17.4 Å². The number of methoxy groups -OCH3 is 1. The topological polar surface area (TPSA) is 63.2 Å². The number of fused-ring (bicyclic) bond motifs is 1. The summed E-state index contributed by atoms with van der Waals surface area (Å²) >= 11 is 0. The first-order chi connectivity index (χ1) is 13.2. The molecule has 2 N–H and O–H groups in total. The van der Waals surface area contributed by atoms with E-state index >= 15 is 0 Å². The lowest BCUT2D eigenvalue weighted by Crippen LogP contribution is -2.50. The fourth-order valence-electron chi connectivity index (χ4n) is 4.64. The Morgan fingerprint density at radius 2 is 1.89 bits per heavy atom. The number of hydrogen-bond acceptors (Lipinski definition) is 4. The van der Waals surface area contributed by atoms with E-state index in [9.17, 15) is 4.79 Å². The average molecular weight is 365 g/mol. The highest BCUT2D eigenvalue weighted by molar-refractivity contribution is 6.02. The van der Waals surface area contributed by atoms with E-state index in [1.165, 1.54) is 0 Å². The number of benzene rings is 1. The van der Waals surface area contributed by atoms with E-state index in [1.807, 2.05) is 43.3 Å². The van der Waals surface area contributed by atoms with Crippen LogP contribution < -0.4 is 10.6 Å². The van der Waals surface area contributed by atoms with Crippen molar-refractivity contribution >= 4 is 5.91 Å². The Kier molecular flexibility index (Phi) is 5.23. The predicted molar refractivity (Wildman–Crippen MR) is 106 cm³/mol. The standard InChI is InChI=1S/C22H27N3O2/c1-14-21(18(8-9-24-14)15-6-4-3-5-7-15)22(26)25-19-10-16-12-23-13-17(16)11-20(19)27-2/h3-9,16-17,19-20,23H,10-13H2,1-2H3,(H,25,26)/t16-,17+,19-,20-/m0/s1. The van der Waals surface area contributed by atoms with Crippen molar-refractivity contribution in [2.75, 3.05) is 20.2 Å². The second-order valence-electron chi connectivity index (χ2n) is 7.69. The van der Waals surface area contributed by atoms with Crippen LogP contribution in [0, 0.1) is 18.8 Å². The molecule has 2 fully saturated rings. The summed E-state index contributed by atoms with van der Waals surface area (Å²) in [4.78, 5) is 17.6. The summed E-state index contributed by atoms with van der Waals surface area (Å²) in [6.07, 6.45) is 3.78. The van der Waals surface area contributed by atoms with Gasteiger partial charge in [-0.15, -0.1) is 0 Å². The number of pyridine rings is 1. The van der Waals surface area contributed by atoms with Crippen LogP contribution in [0.5, 0.6) is 0 Å². The third-order valence-electron chi connectivity index (χ3n) is 6.09. The van der Waals surface area contributed by atoms with Gasteiger partial charge in [0, 0.05) is 13.3 Å². The number of hydrogen-bond donors (Lipinski definition) is 2. The molecule has 0 unspecified atom stereocenters. The molecule has 1 amide bonds. The molecule has 2 aliphatic rings. The number of ether oxygens (including phenoxy) is 1. The molecule has 0 bridgehead atoms. The first kappa shape index (κ1) is 18.1. The molecule has 4 rings (SSSR count). The van der Waals surface area contributed by atoms with E-state index in [2.05, 4.69) is 15.6 Å². The molecule has 1 aliphatic heterocycles. The monoisotopic (exact) mass is 365 g/mol. The van der Waals surface area contributed by atoms with Gasteiger partial charge in [-0.1, -0.05) is 30.3 Å². The first-order valence-electron chi connectivity index (χ1n) is 9.72. The van der Waals surface area contributed by atoms with Gasteiger partial charge in [0.25, 0.3) is 5.91 Å². The number of nitrogens with one attached hydrogen (secondary N) is 2. The van der Waals surface area contributed by atoms with E-state index in [0.717, 1.165) is 42.8 Å². The van der Waals surface area contributed by atoms with E-state index in [1.54, 1.807) is 13.3 Å². The van der Waals surface area contributed by atoms with Gasteiger partial charge >= 0.3 is 0 Å². The van der Waals surface area contributed by atoms with Crippen molar-refractivity contribution < 1.29 is 9.53 Å². The summed E-state index contributed by atoms with van der Waals surface area (Å²) in [5.74, 6) is 1.21. The molecular formula is C22H27N3O2. The van der Waals surface area contributed by atoms with Gasteiger partial charge < -0.3 is 15.4 Å². The van der Waals surface area contributed by atoms with Crippen molar-refractivity contribution in [2.24, 2.45) is 11.8 Å². The number of amides is 1. The van der Waals surface area contributed by atoms with Crippen molar-refractivity contribution in [3.05, 3.63) is 53.9 Å². The third-order valence-corrected chi connectivity index (χ3v) is 6.09. The van der Waals surface area contributed by atoms with Crippen LogP contribution in [0.2, 0.25) is 0 Å². The summed E-state index contributed by atoms with van der Waals surface area (Å²) < 4.78 is 5.74. The van der Waals surface area contributed by atoms with Crippen molar-refractivity contribution in [1.82, 2.24) is 15.6 Å². The molecule has 5 nitrogen and oxygen atoms in total. The minimum atomic E-state index is -0.0593. The predicted octanol–water partition coefficient (Wildman–Crippen LogP) is 2.80. The fourth-order valence-corrected chi connectivity index (χ4v) is 4.64. The van der Waals surface area contributed by atoms with Gasteiger partial charge in [0.05, 0.1) is 23.4 Å². The Morgan fingerprint density at radius 1 is 1.15 bits per heavy atom. The van der Waals surface area contributed by atoms with Crippen LogP contribution >= 0.6 is 0 Å². The Labute approximate surface area is 160 Å². The molecule has 2 aromatic rings. The average Bonchev–Trinajstić information content (AvgIpc) is 3.15.